The van der Waals surface area contributed by atoms with E-state index in [1.807, 2.05) is 0 Å². The van der Waals surface area contributed by atoms with E-state index in [0.29, 0.717) is 0 Å². The molecular weight excluding hydrogens is 191 g/mol. The molecule has 0 bridgehead atoms. The maximum atomic E-state index is 2.27. The van der Waals surface area contributed by atoms with Crippen molar-refractivity contribution >= 4 is 29.6 Å². The fourth-order valence-electron chi connectivity index (χ4n) is 1.75. The zero-order valence-electron chi connectivity index (χ0n) is 9.34. The van der Waals surface area contributed by atoms with Crippen LogP contribution in [0.3, 0.4) is 0 Å². The number of rotatable bonds is 7. The van der Waals surface area contributed by atoms with Gasteiger partial charge in [0, 0.05) is 0 Å². The minimum atomic E-state index is 0. The Kier molecular flexibility index (Phi) is 10.9. The van der Waals surface area contributed by atoms with Gasteiger partial charge < -0.3 is 0 Å². The molecule has 80 valence electrons. The van der Waals surface area contributed by atoms with Crippen LogP contribution in [0, 0.1) is 0 Å². The van der Waals surface area contributed by atoms with Crippen LogP contribution in [0.15, 0.2) is 30.3 Å². The monoisotopic (exact) mass is 214 g/mol. The van der Waals surface area contributed by atoms with Crippen LogP contribution in [0.1, 0.15) is 51.0 Å². The molecule has 0 spiro atoms. The molecule has 0 aliphatic heterocycles. The van der Waals surface area contributed by atoms with Gasteiger partial charge in [-0.25, -0.2) is 0 Å². The third-order valence-electron chi connectivity index (χ3n) is 2.66. The third-order valence-corrected chi connectivity index (χ3v) is 2.66. The molecule has 0 aromatic heterocycles. The topological polar surface area (TPSA) is 0 Å². The Morgan fingerprint density at radius 2 is 1.40 bits per heavy atom. The van der Waals surface area contributed by atoms with Gasteiger partial charge in [-0.05, 0) is 18.4 Å². The molecule has 0 heterocycles. The Hall–Kier alpha value is 0.220. The Bertz CT molecular complexity index is 218. The molecule has 1 aromatic rings. The quantitative estimate of drug-likeness (QED) is 0.476. The summed E-state index contributed by atoms with van der Waals surface area (Å²) in [6.07, 6.45) is 9.60. The third kappa shape index (κ3) is 8.07. The maximum absolute atomic E-state index is 2.27. The van der Waals surface area contributed by atoms with Gasteiger partial charge in [0.15, 0.2) is 0 Å². The van der Waals surface area contributed by atoms with Gasteiger partial charge in [-0.1, -0.05) is 69.4 Å². The molecule has 0 saturated heterocycles. The second kappa shape index (κ2) is 10.7. The summed E-state index contributed by atoms with van der Waals surface area (Å²) in [5, 5.41) is 0. The Labute approximate surface area is 117 Å². The summed E-state index contributed by atoms with van der Waals surface area (Å²) in [5.41, 5.74) is 1.49. The summed E-state index contributed by atoms with van der Waals surface area (Å²) in [6.45, 7) is 2.27. The predicted molar refractivity (Wildman–Crippen MR) is 70.7 cm³/mol. The first kappa shape index (κ1) is 15.2. The SMILES string of the molecule is CCCCCCCCc1ccccc1.[NaH]. The molecular formula is C14H23Na. The molecule has 0 nitrogen and oxygen atoms in total. The summed E-state index contributed by atoms with van der Waals surface area (Å²) >= 11 is 0. The van der Waals surface area contributed by atoms with Gasteiger partial charge in [-0.15, -0.1) is 0 Å². The van der Waals surface area contributed by atoms with E-state index >= 15 is 0 Å². The normalized spacial score (nSPS) is 9.67. The van der Waals surface area contributed by atoms with Crippen molar-refractivity contribution in [3.8, 4) is 0 Å². The number of hydrogen-bond donors (Lipinski definition) is 0. The average molecular weight is 214 g/mol. The van der Waals surface area contributed by atoms with Gasteiger partial charge in [-0.3, -0.25) is 0 Å². The first-order chi connectivity index (χ1) is 6.93. The van der Waals surface area contributed by atoms with Crippen LogP contribution in [-0.4, -0.2) is 29.6 Å². The van der Waals surface area contributed by atoms with E-state index in [2.05, 4.69) is 37.3 Å². The fraction of sp³-hybridized carbons (Fsp3) is 0.571. The van der Waals surface area contributed by atoms with E-state index in [4.69, 9.17) is 0 Å². The van der Waals surface area contributed by atoms with E-state index in [1.165, 1.54) is 50.5 Å². The minimum absolute atomic E-state index is 0. The predicted octanol–water partition coefficient (Wildman–Crippen LogP) is 3.94. The van der Waals surface area contributed by atoms with Gasteiger partial charge >= 0.3 is 29.6 Å². The first-order valence-corrected chi connectivity index (χ1v) is 5.97. The van der Waals surface area contributed by atoms with Crippen molar-refractivity contribution in [1.29, 1.82) is 0 Å². The van der Waals surface area contributed by atoms with Crippen molar-refractivity contribution in [2.24, 2.45) is 0 Å². The van der Waals surface area contributed by atoms with E-state index in [9.17, 15) is 0 Å². The van der Waals surface area contributed by atoms with Crippen LogP contribution >= 0.6 is 0 Å². The number of hydrogen-bond acceptors (Lipinski definition) is 0. The van der Waals surface area contributed by atoms with Crippen LogP contribution in [0.5, 0.6) is 0 Å². The Morgan fingerprint density at radius 3 is 2.07 bits per heavy atom. The number of unbranched alkanes of at least 4 members (excludes halogenated alkanes) is 5. The molecule has 0 N–H and O–H groups in total. The Morgan fingerprint density at radius 1 is 0.800 bits per heavy atom. The molecule has 0 amide bonds. The van der Waals surface area contributed by atoms with Gasteiger partial charge in [0.2, 0.25) is 0 Å². The van der Waals surface area contributed by atoms with E-state index in [0.717, 1.165) is 0 Å². The summed E-state index contributed by atoms with van der Waals surface area (Å²) in [4.78, 5) is 0. The zero-order valence-corrected chi connectivity index (χ0v) is 9.34. The average Bonchev–Trinajstić information content (AvgIpc) is 2.25. The summed E-state index contributed by atoms with van der Waals surface area (Å²) in [5.74, 6) is 0. The van der Waals surface area contributed by atoms with E-state index in [-0.39, 0.29) is 29.6 Å². The van der Waals surface area contributed by atoms with Crippen molar-refractivity contribution in [1.82, 2.24) is 0 Å². The van der Waals surface area contributed by atoms with Gasteiger partial charge in [0.05, 0.1) is 0 Å². The summed E-state index contributed by atoms with van der Waals surface area (Å²) in [7, 11) is 0. The van der Waals surface area contributed by atoms with Crippen LogP contribution in [0.2, 0.25) is 0 Å². The van der Waals surface area contributed by atoms with Gasteiger partial charge in [-0.2, -0.15) is 0 Å². The fourth-order valence-corrected chi connectivity index (χ4v) is 1.75. The van der Waals surface area contributed by atoms with Crippen molar-refractivity contribution in [2.45, 2.75) is 51.9 Å². The second-order valence-corrected chi connectivity index (χ2v) is 4.00. The van der Waals surface area contributed by atoms with E-state index < -0.39 is 0 Å². The standard InChI is InChI=1S/C14H22.Na.H/c1-2-3-4-5-6-8-11-14-12-9-7-10-13-14;;/h7,9-10,12-13H,2-6,8,11H2,1H3;;. The second-order valence-electron chi connectivity index (χ2n) is 4.00. The van der Waals surface area contributed by atoms with Gasteiger partial charge in [0.1, 0.15) is 0 Å². The van der Waals surface area contributed by atoms with Crippen molar-refractivity contribution in [3.05, 3.63) is 35.9 Å². The Balaban J connectivity index is 0.00000196. The van der Waals surface area contributed by atoms with Crippen molar-refractivity contribution in [3.63, 3.8) is 0 Å². The molecule has 0 radical (unpaired) electrons. The summed E-state index contributed by atoms with van der Waals surface area (Å²) in [6, 6.07) is 10.8. The first-order valence-electron chi connectivity index (χ1n) is 5.97. The van der Waals surface area contributed by atoms with Crippen LogP contribution in [0.25, 0.3) is 0 Å². The molecule has 0 aliphatic rings. The molecule has 15 heavy (non-hydrogen) atoms. The number of aryl methyl sites for hydroxylation is 1. The molecule has 1 rings (SSSR count). The molecule has 0 unspecified atom stereocenters. The van der Waals surface area contributed by atoms with Crippen LogP contribution in [0.4, 0.5) is 0 Å². The summed E-state index contributed by atoms with van der Waals surface area (Å²) < 4.78 is 0. The van der Waals surface area contributed by atoms with Crippen molar-refractivity contribution < 1.29 is 0 Å². The number of benzene rings is 1. The molecule has 1 aromatic carbocycles. The van der Waals surface area contributed by atoms with Crippen LogP contribution < -0.4 is 0 Å². The molecule has 0 fully saturated rings. The van der Waals surface area contributed by atoms with E-state index in [1.54, 1.807) is 0 Å². The molecule has 0 saturated carbocycles. The molecule has 1 heteroatoms. The van der Waals surface area contributed by atoms with Gasteiger partial charge in [0.25, 0.3) is 0 Å². The molecule has 0 atom stereocenters. The van der Waals surface area contributed by atoms with Crippen LogP contribution in [-0.2, 0) is 6.42 Å². The van der Waals surface area contributed by atoms with Crippen molar-refractivity contribution in [2.75, 3.05) is 0 Å². The zero-order chi connectivity index (χ0) is 10.1. The molecule has 0 aliphatic carbocycles.